The zero-order chi connectivity index (χ0) is 15.2. The molecular weight excluding hydrogens is 262 g/mol. The van der Waals surface area contributed by atoms with Crippen molar-refractivity contribution >= 4 is 0 Å². The number of benzene rings is 2. The fourth-order valence-electron chi connectivity index (χ4n) is 1.98. The Kier molecular flexibility index (Phi) is 4.84. The summed E-state index contributed by atoms with van der Waals surface area (Å²) in [7, 11) is 0. The Morgan fingerprint density at radius 3 is 2.38 bits per heavy atom. The highest BCUT2D eigenvalue weighted by molar-refractivity contribution is 5.41. The van der Waals surface area contributed by atoms with Crippen LogP contribution in [-0.2, 0) is 6.61 Å². The van der Waals surface area contributed by atoms with Crippen LogP contribution in [0, 0.1) is 18.3 Å². The largest absolute Gasteiger partial charge is 0.491 e. The molecule has 0 amide bonds. The number of nitrogens with zero attached hydrogens (tertiary/aromatic N) is 1. The van der Waals surface area contributed by atoms with E-state index in [0.29, 0.717) is 12.2 Å². The second-order valence-electron chi connectivity index (χ2n) is 5.19. The quantitative estimate of drug-likeness (QED) is 0.823. The molecule has 0 fully saturated rings. The Morgan fingerprint density at radius 2 is 1.81 bits per heavy atom. The first-order chi connectivity index (χ1) is 10.1. The summed E-state index contributed by atoms with van der Waals surface area (Å²) in [5.74, 6) is 1.67. The molecule has 2 rings (SSSR count). The Labute approximate surface area is 125 Å². The van der Waals surface area contributed by atoms with Crippen LogP contribution < -0.4 is 9.47 Å². The van der Waals surface area contributed by atoms with E-state index in [-0.39, 0.29) is 6.10 Å². The van der Waals surface area contributed by atoms with Gasteiger partial charge in [-0.25, -0.2) is 0 Å². The van der Waals surface area contributed by atoms with E-state index in [2.05, 4.69) is 6.07 Å². The van der Waals surface area contributed by atoms with Crippen LogP contribution in [0.15, 0.2) is 42.5 Å². The Bertz CT molecular complexity index is 639. The summed E-state index contributed by atoms with van der Waals surface area (Å²) >= 11 is 0. The van der Waals surface area contributed by atoms with Crippen molar-refractivity contribution in [3.8, 4) is 17.6 Å². The van der Waals surface area contributed by atoms with E-state index >= 15 is 0 Å². The van der Waals surface area contributed by atoms with Gasteiger partial charge in [0.15, 0.2) is 0 Å². The molecule has 0 radical (unpaired) electrons. The van der Waals surface area contributed by atoms with Crippen LogP contribution in [0.5, 0.6) is 11.5 Å². The van der Waals surface area contributed by atoms with Crippen molar-refractivity contribution in [2.24, 2.45) is 0 Å². The molecule has 3 nitrogen and oxygen atoms in total. The van der Waals surface area contributed by atoms with Gasteiger partial charge in [0.2, 0.25) is 0 Å². The number of nitriles is 1. The number of ether oxygens (including phenoxy) is 2. The van der Waals surface area contributed by atoms with E-state index in [1.54, 1.807) is 6.07 Å². The van der Waals surface area contributed by atoms with Crippen molar-refractivity contribution in [1.82, 2.24) is 0 Å². The SMILES string of the molecule is Cc1cc(C#N)ccc1OCc1ccc(OC(C)C)cc1. The van der Waals surface area contributed by atoms with Crippen molar-refractivity contribution in [2.45, 2.75) is 33.5 Å². The molecule has 2 aromatic rings. The zero-order valence-electron chi connectivity index (χ0n) is 12.6. The average Bonchev–Trinajstić information content (AvgIpc) is 2.47. The molecule has 3 heteroatoms. The molecule has 0 bridgehead atoms. The fraction of sp³-hybridized carbons (Fsp3) is 0.278. The fourth-order valence-corrected chi connectivity index (χ4v) is 1.98. The van der Waals surface area contributed by atoms with E-state index in [4.69, 9.17) is 14.7 Å². The highest BCUT2D eigenvalue weighted by Crippen LogP contribution is 2.21. The second kappa shape index (κ2) is 6.81. The molecule has 0 N–H and O–H groups in total. The maximum absolute atomic E-state index is 8.85. The summed E-state index contributed by atoms with van der Waals surface area (Å²) in [4.78, 5) is 0. The van der Waals surface area contributed by atoms with Crippen molar-refractivity contribution in [3.05, 3.63) is 59.2 Å². The predicted molar refractivity (Wildman–Crippen MR) is 82.4 cm³/mol. The van der Waals surface area contributed by atoms with Crippen molar-refractivity contribution < 1.29 is 9.47 Å². The van der Waals surface area contributed by atoms with Gasteiger partial charge in [0.25, 0.3) is 0 Å². The van der Waals surface area contributed by atoms with Crippen LogP contribution in [-0.4, -0.2) is 6.10 Å². The van der Waals surface area contributed by atoms with Crippen molar-refractivity contribution in [1.29, 1.82) is 5.26 Å². The molecule has 0 unspecified atom stereocenters. The average molecular weight is 281 g/mol. The van der Waals surface area contributed by atoms with Crippen LogP contribution in [0.1, 0.15) is 30.5 Å². The minimum atomic E-state index is 0.174. The highest BCUT2D eigenvalue weighted by Gasteiger charge is 2.03. The number of aryl methyl sites for hydroxylation is 1. The van der Waals surface area contributed by atoms with Gasteiger partial charge in [-0.15, -0.1) is 0 Å². The summed E-state index contributed by atoms with van der Waals surface area (Å²) in [5.41, 5.74) is 2.69. The zero-order valence-corrected chi connectivity index (χ0v) is 12.6. The molecule has 0 aliphatic carbocycles. The van der Waals surface area contributed by atoms with Gasteiger partial charge in [-0.3, -0.25) is 0 Å². The van der Waals surface area contributed by atoms with Gasteiger partial charge in [0, 0.05) is 0 Å². The molecule has 0 aliphatic heterocycles. The third-order valence-corrected chi connectivity index (χ3v) is 2.99. The van der Waals surface area contributed by atoms with E-state index in [9.17, 15) is 0 Å². The van der Waals surface area contributed by atoms with E-state index in [0.717, 1.165) is 22.6 Å². The van der Waals surface area contributed by atoms with Crippen LogP contribution in [0.2, 0.25) is 0 Å². The molecule has 0 saturated heterocycles. The molecule has 0 heterocycles. The monoisotopic (exact) mass is 281 g/mol. The number of hydrogen-bond acceptors (Lipinski definition) is 3. The van der Waals surface area contributed by atoms with Gasteiger partial charge in [-0.2, -0.15) is 5.26 Å². The van der Waals surface area contributed by atoms with Gasteiger partial charge in [0.1, 0.15) is 18.1 Å². The first-order valence-corrected chi connectivity index (χ1v) is 6.97. The lowest BCUT2D eigenvalue weighted by Crippen LogP contribution is -2.05. The van der Waals surface area contributed by atoms with Gasteiger partial charge < -0.3 is 9.47 Å². The lowest BCUT2D eigenvalue weighted by molar-refractivity contribution is 0.242. The lowest BCUT2D eigenvalue weighted by atomic mass is 10.1. The van der Waals surface area contributed by atoms with E-state index in [1.807, 2.05) is 57.2 Å². The maximum atomic E-state index is 8.85. The van der Waals surface area contributed by atoms with Gasteiger partial charge in [-0.1, -0.05) is 12.1 Å². The molecule has 108 valence electrons. The standard InChI is InChI=1S/C18H19NO2/c1-13(2)21-17-7-4-15(5-8-17)12-20-18-9-6-16(11-19)10-14(18)3/h4-10,13H,12H2,1-3H3. The molecule has 0 atom stereocenters. The van der Waals surface area contributed by atoms with Crippen LogP contribution >= 0.6 is 0 Å². The Hall–Kier alpha value is -2.47. The molecule has 0 aliphatic rings. The first-order valence-electron chi connectivity index (χ1n) is 6.97. The first kappa shape index (κ1) is 14.9. The maximum Gasteiger partial charge on any atom is 0.122 e. The third-order valence-electron chi connectivity index (χ3n) is 2.99. The van der Waals surface area contributed by atoms with Gasteiger partial charge in [0.05, 0.1) is 17.7 Å². The number of rotatable bonds is 5. The van der Waals surface area contributed by atoms with Gasteiger partial charge >= 0.3 is 0 Å². The molecule has 21 heavy (non-hydrogen) atoms. The van der Waals surface area contributed by atoms with E-state index < -0.39 is 0 Å². The highest BCUT2D eigenvalue weighted by atomic mass is 16.5. The van der Waals surface area contributed by atoms with Gasteiger partial charge in [-0.05, 0) is 62.2 Å². The third kappa shape index (κ3) is 4.25. The smallest absolute Gasteiger partial charge is 0.122 e. The Balaban J connectivity index is 1.98. The Morgan fingerprint density at radius 1 is 1.10 bits per heavy atom. The number of hydrogen-bond donors (Lipinski definition) is 0. The molecule has 0 aromatic heterocycles. The summed E-state index contributed by atoms with van der Waals surface area (Å²) < 4.78 is 11.4. The van der Waals surface area contributed by atoms with Crippen LogP contribution in [0.4, 0.5) is 0 Å². The molecule has 2 aromatic carbocycles. The topological polar surface area (TPSA) is 42.2 Å². The van der Waals surface area contributed by atoms with Crippen molar-refractivity contribution in [2.75, 3.05) is 0 Å². The minimum Gasteiger partial charge on any atom is -0.491 e. The molecule has 0 spiro atoms. The molecular formula is C18H19NO2. The summed E-state index contributed by atoms with van der Waals surface area (Å²) in [6.07, 6.45) is 0.174. The van der Waals surface area contributed by atoms with Crippen LogP contribution in [0.3, 0.4) is 0 Å². The lowest BCUT2D eigenvalue weighted by Gasteiger charge is -2.11. The summed E-state index contributed by atoms with van der Waals surface area (Å²) in [6.45, 7) is 6.44. The summed E-state index contributed by atoms with van der Waals surface area (Å²) in [5, 5.41) is 8.85. The van der Waals surface area contributed by atoms with Crippen LogP contribution in [0.25, 0.3) is 0 Å². The van der Waals surface area contributed by atoms with Crippen molar-refractivity contribution in [3.63, 3.8) is 0 Å². The predicted octanol–water partition coefficient (Wildman–Crippen LogP) is 4.23. The molecule has 0 saturated carbocycles. The minimum absolute atomic E-state index is 0.174. The van der Waals surface area contributed by atoms with E-state index in [1.165, 1.54) is 0 Å². The second-order valence-corrected chi connectivity index (χ2v) is 5.19. The normalized spacial score (nSPS) is 10.2. The summed E-state index contributed by atoms with van der Waals surface area (Å²) in [6, 6.07) is 15.4.